The highest BCUT2D eigenvalue weighted by Gasteiger charge is 2.55. The summed E-state index contributed by atoms with van der Waals surface area (Å²) in [4.78, 5) is 0. The average Bonchev–Trinajstić information content (AvgIpc) is 2.90. The van der Waals surface area contributed by atoms with Gasteiger partial charge in [-0.25, -0.2) is 0 Å². The molecule has 20 heavy (non-hydrogen) atoms. The Morgan fingerprint density at radius 1 is 1.30 bits per heavy atom. The summed E-state index contributed by atoms with van der Waals surface area (Å²) in [6, 6.07) is 7.17. The maximum Gasteiger partial charge on any atom is 0.122 e. The van der Waals surface area contributed by atoms with E-state index in [0.717, 1.165) is 36.5 Å². The summed E-state index contributed by atoms with van der Waals surface area (Å²) in [7, 11) is 1.78. The number of likely N-dealkylation sites (N-methyl/N-ethyl adjacent to an activating group) is 1. The van der Waals surface area contributed by atoms with Crippen molar-refractivity contribution in [3.63, 3.8) is 0 Å². The van der Waals surface area contributed by atoms with Crippen molar-refractivity contribution < 1.29 is 4.74 Å². The third-order valence-electron chi connectivity index (χ3n) is 5.28. The number of hydrogen-bond acceptors (Lipinski definition) is 2. The van der Waals surface area contributed by atoms with Crippen LogP contribution in [0.25, 0.3) is 0 Å². The highest BCUT2D eigenvalue weighted by atomic mass is 16.5. The largest absolute Gasteiger partial charge is 0.496 e. The molecule has 1 aromatic rings. The number of hydrogen-bond donors (Lipinski definition) is 1. The first kappa shape index (κ1) is 13.9. The van der Waals surface area contributed by atoms with Crippen LogP contribution >= 0.6 is 0 Å². The molecule has 0 aromatic heterocycles. The summed E-state index contributed by atoms with van der Waals surface area (Å²) in [5, 5.41) is 3.74. The van der Waals surface area contributed by atoms with Crippen molar-refractivity contribution in [3.05, 3.63) is 29.3 Å². The first-order chi connectivity index (χ1) is 9.74. The van der Waals surface area contributed by atoms with E-state index in [4.69, 9.17) is 4.74 Å². The van der Waals surface area contributed by atoms with E-state index in [2.05, 4.69) is 37.4 Å². The van der Waals surface area contributed by atoms with Gasteiger partial charge in [0.1, 0.15) is 5.75 Å². The van der Waals surface area contributed by atoms with E-state index in [1.807, 2.05) is 0 Å². The van der Waals surface area contributed by atoms with Crippen molar-refractivity contribution in [2.24, 2.45) is 17.8 Å². The van der Waals surface area contributed by atoms with Gasteiger partial charge in [0.15, 0.2) is 0 Å². The van der Waals surface area contributed by atoms with Gasteiger partial charge in [-0.2, -0.15) is 0 Å². The first-order valence-electron chi connectivity index (χ1n) is 8.11. The summed E-state index contributed by atoms with van der Waals surface area (Å²) in [6.45, 7) is 5.45. The van der Waals surface area contributed by atoms with Crippen molar-refractivity contribution in [3.8, 4) is 5.75 Å². The number of nitrogens with one attached hydrogen (secondary N) is 1. The molecule has 2 aliphatic rings. The molecular formula is C18H27NO. The van der Waals surface area contributed by atoms with Crippen LogP contribution in [0.3, 0.4) is 0 Å². The monoisotopic (exact) mass is 273 g/mol. The van der Waals surface area contributed by atoms with Gasteiger partial charge in [0.05, 0.1) is 7.11 Å². The lowest BCUT2D eigenvalue weighted by atomic mass is 9.95. The fourth-order valence-corrected chi connectivity index (χ4v) is 4.38. The number of fused-ring (bicyclic) bond motifs is 1. The molecule has 0 amide bonds. The van der Waals surface area contributed by atoms with Crippen LogP contribution in [0.15, 0.2) is 18.2 Å². The zero-order valence-corrected chi connectivity index (χ0v) is 13.0. The van der Waals surface area contributed by atoms with Crippen LogP contribution in [-0.4, -0.2) is 19.7 Å². The normalized spacial score (nSPS) is 29.1. The van der Waals surface area contributed by atoms with Gasteiger partial charge in [0.2, 0.25) is 0 Å². The quantitative estimate of drug-likeness (QED) is 0.855. The zero-order valence-electron chi connectivity index (χ0n) is 13.0. The SMILES string of the molecule is CCNC(Cc1cc(C)ccc1OC)C1C2CCCC21. The van der Waals surface area contributed by atoms with Gasteiger partial charge in [-0.15, -0.1) is 0 Å². The molecule has 0 spiro atoms. The Bertz CT molecular complexity index is 460. The van der Waals surface area contributed by atoms with Crippen LogP contribution in [-0.2, 0) is 6.42 Å². The Kier molecular flexibility index (Phi) is 4.02. The van der Waals surface area contributed by atoms with E-state index in [-0.39, 0.29) is 0 Å². The Hall–Kier alpha value is -1.02. The van der Waals surface area contributed by atoms with E-state index in [9.17, 15) is 0 Å². The Morgan fingerprint density at radius 3 is 2.70 bits per heavy atom. The van der Waals surface area contributed by atoms with E-state index in [0.29, 0.717) is 6.04 Å². The number of aryl methyl sites for hydroxylation is 1. The topological polar surface area (TPSA) is 21.3 Å². The predicted molar refractivity (Wildman–Crippen MR) is 83.2 cm³/mol. The Labute approximate surface area is 122 Å². The molecule has 110 valence electrons. The molecule has 2 fully saturated rings. The molecule has 2 saturated carbocycles. The highest BCUT2D eigenvalue weighted by molar-refractivity contribution is 5.37. The lowest BCUT2D eigenvalue weighted by Crippen LogP contribution is -2.34. The smallest absolute Gasteiger partial charge is 0.122 e. The van der Waals surface area contributed by atoms with Crippen molar-refractivity contribution in [2.75, 3.05) is 13.7 Å². The van der Waals surface area contributed by atoms with Gasteiger partial charge in [-0.05, 0) is 62.1 Å². The minimum Gasteiger partial charge on any atom is -0.496 e. The van der Waals surface area contributed by atoms with Crippen molar-refractivity contribution >= 4 is 0 Å². The minimum atomic E-state index is 0.631. The molecule has 2 heteroatoms. The van der Waals surface area contributed by atoms with Crippen LogP contribution in [0, 0.1) is 24.7 Å². The molecule has 0 radical (unpaired) electrons. The van der Waals surface area contributed by atoms with E-state index >= 15 is 0 Å². The van der Waals surface area contributed by atoms with Crippen molar-refractivity contribution in [2.45, 2.75) is 45.6 Å². The van der Waals surface area contributed by atoms with E-state index in [1.165, 1.54) is 30.4 Å². The van der Waals surface area contributed by atoms with Crippen LogP contribution in [0.5, 0.6) is 5.75 Å². The van der Waals surface area contributed by atoms with Crippen LogP contribution in [0.2, 0.25) is 0 Å². The molecule has 1 N–H and O–H groups in total. The second-order valence-corrected chi connectivity index (χ2v) is 6.52. The lowest BCUT2D eigenvalue weighted by molar-refractivity contribution is 0.387. The van der Waals surface area contributed by atoms with Gasteiger partial charge in [0, 0.05) is 6.04 Å². The first-order valence-corrected chi connectivity index (χ1v) is 8.11. The molecule has 0 heterocycles. The number of ether oxygens (including phenoxy) is 1. The predicted octanol–water partition coefficient (Wildman–Crippen LogP) is 3.57. The molecule has 3 rings (SSSR count). The molecule has 2 nitrogen and oxygen atoms in total. The lowest BCUT2D eigenvalue weighted by Gasteiger charge is -2.21. The van der Waals surface area contributed by atoms with Crippen LogP contribution in [0.1, 0.15) is 37.3 Å². The summed E-state index contributed by atoms with van der Waals surface area (Å²) in [5.74, 6) is 3.97. The summed E-state index contributed by atoms with van der Waals surface area (Å²) in [6.07, 6.45) is 5.49. The summed E-state index contributed by atoms with van der Waals surface area (Å²) in [5.41, 5.74) is 2.69. The summed E-state index contributed by atoms with van der Waals surface area (Å²) < 4.78 is 5.55. The molecule has 0 saturated heterocycles. The number of benzene rings is 1. The van der Waals surface area contributed by atoms with Gasteiger partial charge >= 0.3 is 0 Å². The van der Waals surface area contributed by atoms with Crippen molar-refractivity contribution in [1.29, 1.82) is 0 Å². The third kappa shape index (κ3) is 2.58. The second-order valence-electron chi connectivity index (χ2n) is 6.52. The zero-order chi connectivity index (χ0) is 14.1. The maximum atomic E-state index is 5.55. The molecule has 1 aromatic carbocycles. The summed E-state index contributed by atoms with van der Waals surface area (Å²) >= 11 is 0. The number of rotatable bonds is 6. The van der Waals surface area contributed by atoms with Gasteiger partial charge in [-0.1, -0.05) is 31.0 Å². The molecule has 3 atom stereocenters. The molecule has 0 aliphatic heterocycles. The maximum absolute atomic E-state index is 5.55. The van der Waals surface area contributed by atoms with Gasteiger partial charge in [0.25, 0.3) is 0 Å². The van der Waals surface area contributed by atoms with Crippen LogP contribution < -0.4 is 10.1 Å². The minimum absolute atomic E-state index is 0.631. The van der Waals surface area contributed by atoms with Gasteiger partial charge < -0.3 is 10.1 Å². The molecule has 2 aliphatic carbocycles. The van der Waals surface area contributed by atoms with Crippen molar-refractivity contribution in [1.82, 2.24) is 5.32 Å². The van der Waals surface area contributed by atoms with E-state index in [1.54, 1.807) is 7.11 Å². The average molecular weight is 273 g/mol. The fourth-order valence-electron chi connectivity index (χ4n) is 4.38. The highest BCUT2D eigenvalue weighted by Crippen LogP contribution is 2.59. The third-order valence-corrected chi connectivity index (χ3v) is 5.28. The number of methoxy groups -OCH3 is 1. The van der Waals surface area contributed by atoms with Crippen LogP contribution in [0.4, 0.5) is 0 Å². The fraction of sp³-hybridized carbons (Fsp3) is 0.667. The van der Waals surface area contributed by atoms with Gasteiger partial charge in [-0.3, -0.25) is 0 Å². The second kappa shape index (κ2) is 5.77. The molecular weight excluding hydrogens is 246 g/mol. The molecule has 3 unspecified atom stereocenters. The Morgan fingerprint density at radius 2 is 2.05 bits per heavy atom. The standard InChI is InChI=1S/C18H27NO/c1-4-19-16(18-14-6-5-7-15(14)18)11-13-10-12(2)8-9-17(13)20-3/h8-10,14-16,18-19H,4-7,11H2,1-3H3. The van der Waals surface area contributed by atoms with E-state index < -0.39 is 0 Å². The Balaban J connectivity index is 1.75. The molecule has 0 bridgehead atoms.